The molecular formula is C13H17F3N2O. The molecule has 0 radical (unpaired) electrons. The van der Waals surface area contributed by atoms with Crippen LogP contribution in [-0.4, -0.2) is 24.8 Å². The van der Waals surface area contributed by atoms with Gasteiger partial charge in [0.1, 0.15) is 0 Å². The van der Waals surface area contributed by atoms with E-state index in [9.17, 15) is 13.2 Å². The number of aliphatic hydroxyl groups is 1. The number of nitrogens with zero attached hydrogens (tertiary/aromatic N) is 1. The predicted molar refractivity (Wildman–Crippen MR) is 67.9 cm³/mol. The van der Waals surface area contributed by atoms with E-state index in [1.165, 1.54) is 6.07 Å². The minimum absolute atomic E-state index is 0.140. The number of benzene rings is 1. The van der Waals surface area contributed by atoms with E-state index in [1.54, 1.807) is 0 Å². The van der Waals surface area contributed by atoms with E-state index in [1.807, 2.05) is 4.90 Å². The molecule has 6 heteroatoms. The van der Waals surface area contributed by atoms with Crippen LogP contribution in [0.4, 0.5) is 24.5 Å². The third-order valence-corrected chi connectivity index (χ3v) is 3.52. The van der Waals surface area contributed by atoms with Gasteiger partial charge in [-0.2, -0.15) is 13.2 Å². The molecule has 1 heterocycles. The van der Waals surface area contributed by atoms with Crippen LogP contribution in [0.15, 0.2) is 18.2 Å². The van der Waals surface area contributed by atoms with Gasteiger partial charge in [-0.15, -0.1) is 0 Å². The average molecular weight is 274 g/mol. The summed E-state index contributed by atoms with van der Waals surface area (Å²) in [5.74, 6) is 0.381. The second-order valence-corrected chi connectivity index (χ2v) is 4.88. The zero-order valence-electron chi connectivity index (χ0n) is 10.5. The van der Waals surface area contributed by atoms with Crippen LogP contribution < -0.4 is 10.6 Å². The van der Waals surface area contributed by atoms with Crippen molar-refractivity contribution in [1.82, 2.24) is 0 Å². The molecule has 1 atom stereocenters. The molecule has 1 aromatic carbocycles. The zero-order valence-corrected chi connectivity index (χ0v) is 10.5. The molecule has 106 valence electrons. The van der Waals surface area contributed by atoms with Crippen molar-refractivity contribution in [3.63, 3.8) is 0 Å². The van der Waals surface area contributed by atoms with Crippen molar-refractivity contribution in [1.29, 1.82) is 0 Å². The van der Waals surface area contributed by atoms with E-state index >= 15 is 0 Å². The van der Waals surface area contributed by atoms with E-state index in [4.69, 9.17) is 10.8 Å². The van der Waals surface area contributed by atoms with E-state index < -0.39 is 11.7 Å². The average Bonchev–Trinajstić information content (AvgIpc) is 2.76. The van der Waals surface area contributed by atoms with E-state index in [0.717, 1.165) is 38.1 Å². The molecule has 3 nitrogen and oxygen atoms in total. The van der Waals surface area contributed by atoms with Crippen molar-refractivity contribution in [3.8, 4) is 0 Å². The number of alkyl halides is 3. The standard InChI is InChI=1S/C13H17F3N2O/c14-13(15,16)10-1-2-12(11(17)7-10)18-5-3-9(8-18)4-6-19/h1-2,7,9,19H,3-6,8,17H2. The Morgan fingerprint density at radius 3 is 2.68 bits per heavy atom. The summed E-state index contributed by atoms with van der Waals surface area (Å²) < 4.78 is 37.6. The van der Waals surface area contributed by atoms with Crippen LogP contribution in [0.1, 0.15) is 18.4 Å². The smallest absolute Gasteiger partial charge is 0.397 e. The lowest BCUT2D eigenvalue weighted by Gasteiger charge is -2.21. The quantitative estimate of drug-likeness (QED) is 0.833. The third-order valence-electron chi connectivity index (χ3n) is 3.52. The third kappa shape index (κ3) is 3.12. The lowest BCUT2D eigenvalue weighted by molar-refractivity contribution is -0.137. The number of hydrogen-bond acceptors (Lipinski definition) is 3. The van der Waals surface area contributed by atoms with Gasteiger partial charge < -0.3 is 15.7 Å². The van der Waals surface area contributed by atoms with Gasteiger partial charge in [-0.1, -0.05) is 0 Å². The van der Waals surface area contributed by atoms with Crippen molar-refractivity contribution >= 4 is 11.4 Å². The highest BCUT2D eigenvalue weighted by Gasteiger charge is 2.31. The molecule has 1 aliphatic heterocycles. The number of hydrogen-bond donors (Lipinski definition) is 2. The number of nitrogen functional groups attached to an aromatic ring is 1. The Labute approximate surface area is 109 Å². The first kappa shape index (κ1) is 14.0. The normalized spacial score (nSPS) is 20.0. The summed E-state index contributed by atoms with van der Waals surface area (Å²) in [4.78, 5) is 1.98. The molecule has 1 saturated heterocycles. The molecule has 3 N–H and O–H groups in total. The zero-order chi connectivity index (χ0) is 14.0. The number of nitrogens with two attached hydrogens (primary N) is 1. The van der Waals surface area contributed by atoms with Gasteiger partial charge in [-0.05, 0) is 37.0 Å². The maximum atomic E-state index is 12.5. The number of aliphatic hydroxyl groups excluding tert-OH is 1. The molecule has 1 aromatic rings. The molecule has 0 saturated carbocycles. The maximum absolute atomic E-state index is 12.5. The van der Waals surface area contributed by atoms with Crippen LogP contribution >= 0.6 is 0 Å². The maximum Gasteiger partial charge on any atom is 0.416 e. The van der Waals surface area contributed by atoms with Crippen molar-refractivity contribution in [2.45, 2.75) is 19.0 Å². The van der Waals surface area contributed by atoms with Gasteiger partial charge in [0.2, 0.25) is 0 Å². The largest absolute Gasteiger partial charge is 0.416 e. The van der Waals surface area contributed by atoms with Crippen LogP contribution in [0.2, 0.25) is 0 Å². The summed E-state index contributed by atoms with van der Waals surface area (Å²) in [6, 6.07) is 3.47. The Bertz CT molecular complexity index is 448. The van der Waals surface area contributed by atoms with Gasteiger partial charge in [-0.3, -0.25) is 0 Å². The molecule has 1 unspecified atom stereocenters. The van der Waals surface area contributed by atoms with Gasteiger partial charge in [0.05, 0.1) is 16.9 Å². The number of anilines is 2. The van der Waals surface area contributed by atoms with Crippen molar-refractivity contribution in [3.05, 3.63) is 23.8 Å². The first-order valence-corrected chi connectivity index (χ1v) is 6.24. The molecule has 1 fully saturated rings. The monoisotopic (exact) mass is 274 g/mol. The fraction of sp³-hybridized carbons (Fsp3) is 0.538. The Kier molecular flexibility index (Phi) is 3.89. The summed E-state index contributed by atoms with van der Waals surface area (Å²) in [5, 5.41) is 8.90. The summed E-state index contributed by atoms with van der Waals surface area (Å²) in [5.41, 5.74) is 5.80. The van der Waals surface area contributed by atoms with Crippen LogP contribution in [-0.2, 0) is 6.18 Å². The van der Waals surface area contributed by atoms with E-state index in [-0.39, 0.29) is 12.3 Å². The fourth-order valence-corrected chi connectivity index (χ4v) is 2.49. The van der Waals surface area contributed by atoms with Crippen molar-refractivity contribution in [2.75, 3.05) is 30.3 Å². The molecule has 0 spiro atoms. The Morgan fingerprint density at radius 2 is 2.11 bits per heavy atom. The Hall–Kier alpha value is -1.43. The van der Waals surface area contributed by atoms with Crippen LogP contribution in [0.25, 0.3) is 0 Å². The van der Waals surface area contributed by atoms with Crippen LogP contribution in [0.5, 0.6) is 0 Å². The lowest BCUT2D eigenvalue weighted by Crippen LogP contribution is -2.21. The van der Waals surface area contributed by atoms with Crippen LogP contribution in [0, 0.1) is 5.92 Å². The van der Waals surface area contributed by atoms with E-state index in [2.05, 4.69) is 0 Å². The van der Waals surface area contributed by atoms with Crippen molar-refractivity contribution in [2.24, 2.45) is 5.92 Å². The number of halogens is 3. The second kappa shape index (κ2) is 5.28. The molecule has 1 aliphatic rings. The molecular weight excluding hydrogens is 257 g/mol. The first-order valence-electron chi connectivity index (χ1n) is 6.24. The molecule has 0 bridgehead atoms. The fourth-order valence-electron chi connectivity index (χ4n) is 2.49. The van der Waals surface area contributed by atoms with E-state index in [0.29, 0.717) is 11.6 Å². The van der Waals surface area contributed by atoms with Crippen molar-refractivity contribution < 1.29 is 18.3 Å². The molecule has 2 rings (SSSR count). The van der Waals surface area contributed by atoms with Crippen LogP contribution in [0.3, 0.4) is 0 Å². The molecule has 19 heavy (non-hydrogen) atoms. The SMILES string of the molecule is Nc1cc(C(F)(F)F)ccc1N1CCC(CCO)C1. The Morgan fingerprint density at radius 1 is 1.37 bits per heavy atom. The summed E-state index contributed by atoms with van der Waals surface area (Å²) >= 11 is 0. The lowest BCUT2D eigenvalue weighted by atomic mass is 10.1. The molecule has 0 aromatic heterocycles. The summed E-state index contributed by atoms with van der Waals surface area (Å²) in [6.07, 6.45) is -2.71. The molecule has 0 amide bonds. The minimum Gasteiger partial charge on any atom is -0.397 e. The summed E-state index contributed by atoms with van der Waals surface area (Å²) in [7, 11) is 0. The predicted octanol–water partition coefficient (Wildman–Crippen LogP) is 2.50. The van der Waals surface area contributed by atoms with Gasteiger partial charge in [0.25, 0.3) is 0 Å². The van der Waals surface area contributed by atoms with Gasteiger partial charge >= 0.3 is 6.18 Å². The minimum atomic E-state index is -4.36. The van der Waals surface area contributed by atoms with Gasteiger partial charge in [-0.25, -0.2) is 0 Å². The topological polar surface area (TPSA) is 49.5 Å². The van der Waals surface area contributed by atoms with Gasteiger partial charge in [0.15, 0.2) is 0 Å². The Balaban J connectivity index is 2.14. The number of rotatable bonds is 3. The highest BCUT2D eigenvalue weighted by Crippen LogP contribution is 2.35. The highest BCUT2D eigenvalue weighted by atomic mass is 19.4. The molecule has 0 aliphatic carbocycles. The van der Waals surface area contributed by atoms with Gasteiger partial charge in [0, 0.05) is 19.7 Å². The first-order chi connectivity index (χ1) is 8.91. The second-order valence-electron chi connectivity index (χ2n) is 4.88. The highest BCUT2D eigenvalue weighted by molar-refractivity contribution is 5.69. The summed E-state index contributed by atoms with van der Waals surface area (Å²) in [6.45, 7) is 1.64.